The minimum atomic E-state index is -0.996. The van der Waals surface area contributed by atoms with Gasteiger partial charge in [0.15, 0.2) is 17.3 Å². The zero-order chi connectivity index (χ0) is 61.0. The lowest BCUT2D eigenvalue weighted by molar-refractivity contribution is -0.149. The van der Waals surface area contributed by atoms with E-state index in [1.165, 1.54) is 5.08 Å². The molecule has 7 rings (SSSR count). The standard InChI is InChI=1S/C52H80N4O9S2.C4H6OS2.C3H4Cl2O.CH2S2/c1-9-34(4)49(46(64-8)29-48(60)55-23-16-19-43(55)35(5)36(6)44(57)27-39(52(62)63)25-37-17-12-10-13-18-37)54(7)51(61)42(33(2)3)28-45(58)50-38-21-22-41(26-38)56(50)47(59)20-14-11-15-24-65-53-40-30-66-32-67-31-40;5-4-1-6-3-7-2-4;4-1-3(6)2-5;1-2-3-1/h10,12-13,17-18,33-36,38-39,41-43,46,49-50H,9,11,14-16,19-32H2,1-8H3,(H,62,63);1-3H2;1-2H2;1H2/t34-,35+,36+,38-,39+,41+,42-,43-,46+,49-,50-;;;/m0.../s1. The third-order valence-electron chi connectivity index (χ3n) is 16.6. The Morgan fingerprint density at radius 3 is 2.00 bits per heavy atom. The summed E-state index contributed by atoms with van der Waals surface area (Å²) >= 11 is 17.2. The van der Waals surface area contributed by atoms with Crippen molar-refractivity contribution < 1.29 is 53.0 Å². The van der Waals surface area contributed by atoms with Crippen molar-refractivity contribution >= 4 is 144 Å². The number of ketones is 4. The predicted octanol–water partition coefficient (Wildman–Crippen LogP) is 11.8. The van der Waals surface area contributed by atoms with Gasteiger partial charge in [0.25, 0.3) is 0 Å². The summed E-state index contributed by atoms with van der Waals surface area (Å²) in [5.41, 5.74) is 1.95. The lowest BCUT2D eigenvalue weighted by Gasteiger charge is -2.41. The normalized spacial score (nSPS) is 22.4. The summed E-state index contributed by atoms with van der Waals surface area (Å²) in [7, 11) is 7.18. The number of carbonyl (C=O) groups is 8. The first-order chi connectivity index (χ1) is 39.8. The molecule has 1 aromatic carbocycles. The Morgan fingerprint density at radius 2 is 1.46 bits per heavy atom. The van der Waals surface area contributed by atoms with Crippen molar-refractivity contribution in [1.29, 1.82) is 0 Å². The molecule has 6 aliphatic rings. The van der Waals surface area contributed by atoms with Gasteiger partial charge in [0.05, 0.1) is 64.6 Å². The van der Waals surface area contributed by atoms with E-state index < -0.39 is 41.9 Å². The molecule has 5 heterocycles. The van der Waals surface area contributed by atoms with Crippen LogP contribution in [-0.2, 0) is 54.4 Å². The number of nitrogens with zero attached hydrogens (tertiary/aromatic N) is 4. The molecule has 1 aliphatic carbocycles. The lowest BCUT2D eigenvalue weighted by Crippen LogP contribution is -2.54. The number of piperidine rings is 1. The number of ether oxygens (including phenoxy) is 1. The number of methoxy groups -OCH3 is 1. The summed E-state index contributed by atoms with van der Waals surface area (Å²) in [6, 6.07) is 8.26. The van der Waals surface area contributed by atoms with Crippen LogP contribution in [0.5, 0.6) is 0 Å². The van der Waals surface area contributed by atoms with Crippen molar-refractivity contribution in [3.05, 3.63) is 35.9 Å². The molecule has 23 heteroatoms. The van der Waals surface area contributed by atoms with Gasteiger partial charge in [0.2, 0.25) is 17.7 Å². The van der Waals surface area contributed by atoms with Crippen LogP contribution < -0.4 is 0 Å². The maximum atomic E-state index is 14.7. The minimum absolute atomic E-state index is 0.0262. The Labute approximate surface area is 529 Å². The summed E-state index contributed by atoms with van der Waals surface area (Å²) in [6.45, 7) is 13.0. The first kappa shape index (κ1) is 73.4. The van der Waals surface area contributed by atoms with Gasteiger partial charge in [-0.1, -0.05) is 105 Å². The molecule has 0 aromatic heterocycles. The SMILES string of the molecule is C1SS1.CC[C@H](C)[C@@H]([C@@H](CC(=O)N1CCC[C@H]1[C@H](C)[C@@H](C)C(=O)C[C@@H](Cc1ccccc1)C(=O)O)OC)N(C)C(=O)[C@@H](CC(=O)[C@@H]1[C@H]2CC[C@H](C2)N1C(=O)CCCCCON=C1CSCSC1)C(C)C.O=C(CCl)CCl.O=C1CSCSC1. The van der Waals surface area contributed by atoms with Crippen molar-refractivity contribution in [2.24, 2.45) is 46.6 Å². The highest BCUT2D eigenvalue weighted by Crippen LogP contribution is 2.45. The number of benzene rings is 1. The van der Waals surface area contributed by atoms with Gasteiger partial charge in [0, 0.05) is 85.6 Å². The van der Waals surface area contributed by atoms with Crippen LogP contribution in [-0.4, -0.2) is 180 Å². The van der Waals surface area contributed by atoms with E-state index in [0.717, 1.165) is 102 Å². The number of likely N-dealkylation sites (N-methyl/N-ethyl adjacent to an activating group) is 1. The van der Waals surface area contributed by atoms with Gasteiger partial charge in [-0.05, 0) is 87.0 Å². The van der Waals surface area contributed by atoms with Crippen LogP contribution in [0.3, 0.4) is 0 Å². The average Bonchev–Trinajstić information content (AvgIpc) is 3.85. The van der Waals surface area contributed by atoms with E-state index in [2.05, 4.69) is 19.0 Å². The summed E-state index contributed by atoms with van der Waals surface area (Å²) in [4.78, 5) is 115. The van der Waals surface area contributed by atoms with E-state index >= 15 is 0 Å². The fourth-order valence-corrected chi connectivity index (χ4v) is 15.9. The van der Waals surface area contributed by atoms with Gasteiger partial charge in [-0.3, -0.25) is 38.4 Å². The van der Waals surface area contributed by atoms with Crippen LogP contribution in [0.2, 0.25) is 0 Å². The maximum absolute atomic E-state index is 14.7. The Kier molecular flexibility index (Phi) is 35.1. The van der Waals surface area contributed by atoms with Gasteiger partial charge >= 0.3 is 5.97 Å². The molecule has 0 spiro atoms. The summed E-state index contributed by atoms with van der Waals surface area (Å²) < 4.78 is 6.12. The van der Waals surface area contributed by atoms with Gasteiger partial charge in [-0.25, -0.2) is 0 Å². The second-order valence-electron chi connectivity index (χ2n) is 22.8. The van der Waals surface area contributed by atoms with E-state index in [1.807, 2.05) is 113 Å². The number of alkyl halides is 2. The summed E-state index contributed by atoms with van der Waals surface area (Å²) in [6.07, 6.45) is 7.32. The number of hydrogen-bond donors (Lipinski definition) is 1. The monoisotopic (exact) mass is 1310 g/mol. The van der Waals surface area contributed by atoms with Gasteiger partial charge in [-0.15, -0.1) is 70.2 Å². The highest BCUT2D eigenvalue weighted by atomic mass is 35.5. The molecule has 3 amide bonds. The number of halogens is 2. The van der Waals surface area contributed by atoms with Crippen molar-refractivity contribution in [2.75, 3.05) is 77.3 Å². The third kappa shape index (κ3) is 24.8. The van der Waals surface area contributed by atoms with Crippen molar-refractivity contribution in [1.82, 2.24) is 14.7 Å². The number of Topliss-reactive ketones (excluding diaryl/α,β-unsaturated/α-hetero) is 4. The summed E-state index contributed by atoms with van der Waals surface area (Å²) in [5.74, 6) is 0.0961. The van der Waals surface area contributed by atoms with E-state index in [9.17, 15) is 43.5 Å². The molecule has 468 valence electrons. The zero-order valence-corrected chi connectivity index (χ0v) is 56.4. The molecule has 2 bridgehead atoms. The highest BCUT2D eigenvalue weighted by molar-refractivity contribution is 8.92. The van der Waals surface area contributed by atoms with Crippen LogP contribution in [0.15, 0.2) is 35.5 Å². The molecule has 11 atom stereocenters. The number of hydrogen-bond acceptors (Lipinski definition) is 17. The smallest absolute Gasteiger partial charge is 0.307 e. The molecule has 15 nitrogen and oxygen atoms in total. The molecule has 0 unspecified atom stereocenters. The van der Waals surface area contributed by atoms with Crippen LogP contribution in [0.1, 0.15) is 131 Å². The number of carboxylic acid groups (broad SMARTS) is 1. The number of likely N-dealkylation sites (tertiary alicyclic amines) is 2. The minimum Gasteiger partial charge on any atom is -0.481 e. The topological polar surface area (TPSA) is 197 Å². The molecular formula is C60H92Cl2N4O11S6. The van der Waals surface area contributed by atoms with Gasteiger partial charge in [-0.2, -0.15) is 0 Å². The second-order valence-corrected chi connectivity index (χ2v) is 30.8. The number of unbranched alkanes of at least 4 members (excludes halogenated alkanes) is 2. The first-order valence-corrected chi connectivity index (χ1v) is 37.6. The number of amides is 3. The average molecular weight is 1310 g/mol. The Morgan fingerprint density at radius 1 is 0.819 bits per heavy atom. The van der Waals surface area contributed by atoms with Crippen LogP contribution in [0.4, 0.5) is 0 Å². The molecule has 1 aromatic rings. The molecule has 6 fully saturated rings. The number of carbonyl (C=O) groups excluding carboxylic acids is 7. The fourth-order valence-electron chi connectivity index (χ4n) is 11.6. The summed E-state index contributed by atoms with van der Waals surface area (Å²) in [5, 5.41) is 17.8. The van der Waals surface area contributed by atoms with E-state index in [-0.39, 0.29) is 108 Å². The van der Waals surface area contributed by atoms with E-state index in [4.69, 9.17) is 32.8 Å². The maximum Gasteiger partial charge on any atom is 0.307 e. The number of rotatable bonds is 29. The molecular weight excluding hydrogens is 1220 g/mol. The Hall–Kier alpha value is -2.11. The van der Waals surface area contributed by atoms with Crippen molar-refractivity contribution in [2.45, 2.75) is 162 Å². The van der Waals surface area contributed by atoms with E-state index in [0.29, 0.717) is 25.4 Å². The number of fused-ring (bicyclic) bond motifs is 2. The molecule has 0 radical (unpaired) electrons. The number of aliphatic carboxylic acids is 1. The third-order valence-corrected chi connectivity index (χ3v) is 22.9. The number of carboxylic acids is 1. The number of oxime groups is 1. The van der Waals surface area contributed by atoms with Crippen LogP contribution in [0.25, 0.3) is 0 Å². The van der Waals surface area contributed by atoms with Gasteiger partial charge < -0.3 is 29.4 Å². The Bertz CT molecular complexity index is 2230. The quantitative estimate of drug-likeness (QED) is 0.0261. The lowest BCUT2D eigenvalue weighted by atomic mass is 9.81. The zero-order valence-electron chi connectivity index (χ0n) is 50.0. The predicted molar refractivity (Wildman–Crippen MR) is 348 cm³/mol. The van der Waals surface area contributed by atoms with E-state index in [1.54, 1.807) is 42.6 Å². The molecule has 5 aliphatic heterocycles. The molecule has 5 saturated heterocycles. The fraction of sp³-hybridized carbons (Fsp3) is 0.750. The molecule has 83 heavy (non-hydrogen) atoms. The highest BCUT2D eigenvalue weighted by Gasteiger charge is 2.51. The second kappa shape index (κ2) is 39.7. The van der Waals surface area contributed by atoms with Crippen molar-refractivity contribution in [3.8, 4) is 0 Å². The van der Waals surface area contributed by atoms with Crippen LogP contribution >= 0.6 is 91.8 Å². The molecule has 1 N–H and O–H groups in total. The van der Waals surface area contributed by atoms with Crippen molar-refractivity contribution in [3.63, 3.8) is 0 Å². The van der Waals surface area contributed by atoms with Gasteiger partial charge in [0.1, 0.15) is 12.4 Å². The first-order valence-electron chi connectivity index (χ1n) is 29.4. The largest absolute Gasteiger partial charge is 0.481 e. The van der Waals surface area contributed by atoms with Crippen LogP contribution in [0, 0.1) is 41.4 Å². The number of thioether (sulfide) groups is 4. The Balaban J connectivity index is 0.000000797. The molecule has 1 saturated carbocycles.